The molecule has 0 aromatic heterocycles. The number of rotatable bonds is 0. The number of hydrogen-bond donors (Lipinski definition) is 0. The summed E-state index contributed by atoms with van der Waals surface area (Å²) in [5.41, 5.74) is 0.733. The van der Waals surface area contributed by atoms with E-state index in [9.17, 15) is 0 Å². The van der Waals surface area contributed by atoms with Crippen molar-refractivity contribution in [3.8, 4) is 0 Å². The molecule has 1 aliphatic carbocycles. The lowest BCUT2D eigenvalue weighted by atomic mass is 9.60. The van der Waals surface area contributed by atoms with E-state index < -0.39 is 0 Å². The summed E-state index contributed by atoms with van der Waals surface area (Å²) in [5, 5.41) is 1.62. The minimum absolute atomic E-state index is 0.0704. The Kier molecular flexibility index (Phi) is 3.03. The summed E-state index contributed by atoms with van der Waals surface area (Å²) in [6.07, 6.45) is 7.48. The van der Waals surface area contributed by atoms with Crippen LogP contribution in [-0.4, -0.2) is 15.5 Å². The smallest absolute Gasteiger partial charge is 0.0136 e. The Morgan fingerprint density at radius 3 is 1.47 bits per heavy atom. The average molecular weight is 254 g/mol. The largest absolute Gasteiger partial charge is 0.0895 e. The Morgan fingerprint density at radius 1 is 0.824 bits per heavy atom. The zero-order valence-corrected chi connectivity index (χ0v) is 13.9. The van der Waals surface area contributed by atoms with Crippen molar-refractivity contribution in [2.45, 2.75) is 96.0 Å². The van der Waals surface area contributed by atoms with E-state index in [1.54, 1.807) is 0 Å². The Balaban J connectivity index is 2.34. The van der Waals surface area contributed by atoms with Crippen LogP contribution in [0, 0.1) is 5.41 Å². The lowest BCUT2D eigenvalue weighted by Crippen LogP contribution is -2.51. The third-order valence-electron chi connectivity index (χ3n) is 4.91. The van der Waals surface area contributed by atoms with Gasteiger partial charge in [-0.1, -0.05) is 62.8 Å². The van der Waals surface area contributed by atoms with Gasteiger partial charge >= 0.3 is 0 Å². The Hall–Kier alpha value is 0.430. The first-order valence-electron chi connectivity index (χ1n) is 7.29. The first-order chi connectivity index (χ1) is 7.49. The predicted molar refractivity (Wildman–Crippen MR) is 80.3 cm³/mol. The highest BCUT2D eigenvalue weighted by Gasteiger charge is 2.57. The molecule has 1 saturated heterocycles. The van der Waals surface area contributed by atoms with E-state index in [2.05, 4.69) is 48.5 Å². The van der Waals surface area contributed by atoms with Crippen molar-refractivity contribution in [3.63, 3.8) is 0 Å². The van der Waals surface area contributed by atoms with E-state index in [4.69, 9.17) is 0 Å². The molecule has 1 aliphatic heterocycles. The molecule has 0 nitrogen and oxygen atoms in total. The topological polar surface area (TPSA) is 0 Å². The van der Waals surface area contributed by atoms with Gasteiger partial charge in [0.05, 0.1) is 0 Å². The molecule has 1 saturated carbocycles. The van der Waals surface area contributed by atoms with Crippen molar-refractivity contribution in [2.24, 2.45) is 5.41 Å². The molecule has 0 bridgehead atoms. The second kappa shape index (κ2) is 3.72. The molecule has 0 atom stereocenters. The first-order valence-corrected chi connectivity index (χ1v) is 8.63. The quantitative estimate of drug-likeness (QED) is 0.480. The van der Waals surface area contributed by atoms with Gasteiger partial charge in [-0.25, -0.2) is 0 Å². The Morgan fingerprint density at radius 2 is 1.24 bits per heavy atom. The van der Waals surface area contributed by atoms with Crippen LogP contribution >= 0.6 is 7.92 Å². The van der Waals surface area contributed by atoms with Gasteiger partial charge in [0.15, 0.2) is 0 Å². The molecule has 0 amide bonds. The Bertz CT molecular complexity index is 282. The van der Waals surface area contributed by atoms with Gasteiger partial charge in [-0.2, -0.15) is 0 Å². The first kappa shape index (κ1) is 13.9. The molecule has 2 aliphatic rings. The summed E-state index contributed by atoms with van der Waals surface area (Å²) in [6, 6.07) is 0. The third kappa shape index (κ3) is 2.32. The summed E-state index contributed by atoms with van der Waals surface area (Å²) in [5.74, 6) is 0. The molecule has 17 heavy (non-hydrogen) atoms. The lowest BCUT2D eigenvalue weighted by molar-refractivity contribution is 0.0694. The fourth-order valence-corrected chi connectivity index (χ4v) is 12.0. The maximum absolute atomic E-state index is 2.56. The van der Waals surface area contributed by atoms with Crippen molar-refractivity contribution in [1.82, 2.24) is 0 Å². The Labute approximate surface area is 110 Å². The molecular weight excluding hydrogens is 223 g/mol. The molecule has 0 aromatic rings. The van der Waals surface area contributed by atoms with Gasteiger partial charge < -0.3 is 0 Å². The van der Waals surface area contributed by atoms with Crippen molar-refractivity contribution in [3.05, 3.63) is 0 Å². The third-order valence-corrected chi connectivity index (χ3v) is 8.99. The maximum Gasteiger partial charge on any atom is -0.0136 e. The second-order valence-corrected chi connectivity index (χ2v) is 13.3. The second-order valence-electron chi connectivity index (χ2n) is 8.84. The molecule has 1 spiro atoms. The summed E-state index contributed by atoms with van der Waals surface area (Å²) in [7, 11) is 0.0704. The van der Waals surface area contributed by atoms with E-state index in [0.717, 1.165) is 5.41 Å². The van der Waals surface area contributed by atoms with Gasteiger partial charge in [0.1, 0.15) is 0 Å². The van der Waals surface area contributed by atoms with Crippen molar-refractivity contribution >= 4 is 7.92 Å². The minimum Gasteiger partial charge on any atom is -0.0895 e. The van der Waals surface area contributed by atoms with Crippen LogP contribution in [0.1, 0.15) is 80.6 Å². The molecule has 1 heterocycles. The van der Waals surface area contributed by atoms with Gasteiger partial charge in [0, 0.05) is 0 Å². The molecule has 100 valence electrons. The van der Waals surface area contributed by atoms with Gasteiger partial charge in [-0.05, 0) is 46.6 Å². The van der Waals surface area contributed by atoms with Crippen LogP contribution in [0.3, 0.4) is 0 Å². The fourth-order valence-electron chi connectivity index (χ4n) is 5.72. The number of hydrogen-bond acceptors (Lipinski definition) is 0. The molecule has 0 unspecified atom stereocenters. The van der Waals surface area contributed by atoms with Crippen molar-refractivity contribution in [2.75, 3.05) is 0 Å². The predicted octanol–water partition coefficient (Wildman–Crippen LogP) is 5.79. The van der Waals surface area contributed by atoms with E-state index in [-0.39, 0.29) is 7.92 Å². The highest BCUT2D eigenvalue weighted by Crippen LogP contribution is 2.77. The molecule has 0 aromatic carbocycles. The van der Waals surface area contributed by atoms with Gasteiger partial charge in [0.2, 0.25) is 0 Å². The molecule has 0 N–H and O–H groups in total. The summed E-state index contributed by atoms with van der Waals surface area (Å²) in [6.45, 7) is 17.7. The normalized spacial score (nSPS) is 31.2. The highest BCUT2D eigenvalue weighted by atomic mass is 31.1. The van der Waals surface area contributed by atoms with Crippen LogP contribution < -0.4 is 0 Å². The van der Waals surface area contributed by atoms with E-state index in [1.807, 2.05) is 0 Å². The molecule has 2 rings (SSSR count). The standard InChI is InChI=1S/C16H31P/c1-13(2,3)17-14(4,5)11-16(9-8-10-16)12-15(17,6)7/h8-12H2,1-7H3. The summed E-state index contributed by atoms with van der Waals surface area (Å²) in [4.78, 5) is 0. The van der Waals surface area contributed by atoms with E-state index in [1.165, 1.54) is 32.1 Å². The van der Waals surface area contributed by atoms with Gasteiger partial charge in [0.25, 0.3) is 0 Å². The minimum atomic E-state index is 0.0704. The zero-order chi connectivity index (χ0) is 13.1. The summed E-state index contributed by atoms with van der Waals surface area (Å²) < 4.78 is 0. The SMILES string of the molecule is CC(C)(C)P1C(C)(C)CC2(CCC2)CC1(C)C. The van der Waals surface area contributed by atoms with Gasteiger partial charge in [-0.15, -0.1) is 0 Å². The average Bonchev–Trinajstić information content (AvgIpc) is 1.92. The van der Waals surface area contributed by atoms with Crippen LogP contribution in [0.4, 0.5) is 0 Å². The van der Waals surface area contributed by atoms with Crippen LogP contribution in [0.5, 0.6) is 0 Å². The fraction of sp³-hybridized carbons (Fsp3) is 1.00. The van der Waals surface area contributed by atoms with Crippen LogP contribution in [-0.2, 0) is 0 Å². The molecule has 1 heteroatoms. The van der Waals surface area contributed by atoms with Crippen molar-refractivity contribution < 1.29 is 0 Å². The zero-order valence-electron chi connectivity index (χ0n) is 13.0. The van der Waals surface area contributed by atoms with E-state index in [0.29, 0.717) is 15.5 Å². The van der Waals surface area contributed by atoms with Crippen LogP contribution in [0.2, 0.25) is 0 Å². The van der Waals surface area contributed by atoms with E-state index >= 15 is 0 Å². The highest BCUT2D eigenvalue weighted by molar-refractivity contribution is 7.62. The maximum atomic E-state index is 2.56. The monoisotopic (exact) mass is 254 g/mol. The van der Waals surface area contributed by atoms with Crippen LogP contribution in [0.15, 0.2) is 0 Å². The molecule has 0 radical (unpaired) electrons. The molecular formula is C16H31P. The van der Waals surface area contributed by atoms with Crippen LogP contribution in [0.25, 0.3) is 0 Å². The molecule has 2 fully saturated rings. The van der Waals surface area contributed by atoms with Gasteiger partial charge in [-0.3, -0.25) is 0 Å². The summed E-state index contributed by atoms with van der Waals surface area (Å²) >= 11 is 0. The lowest BCUT2D eigenvalue weighted by Gasteiger charge is -2.64. The van der Waals surface area contributed by atoms with Crippen molar-refractivity contribution in [1.29, 1.82) is 0 Å².